The first kappa shape index (κ1) is 15.3. The van der Waals surface area contributed by atoms with Crippen molar-refractivity contribution in [3.63, 3.8) is 0 Å². The number of carbonyl (C=O) groups is 1. The minimum Gasteiger partial charge on any atom is -0.493 e. The van der Waals surface area contributed by atoms with Crippen LogP contribution in [-0.4, -0.2) is 49.9 Å². The van der Waals surface area contributed by atoms with Crippen LogP contribution in [0.2, 0.25) is 0 Å². The Balaban J connectivity index is 1.82. The molecule has 1 fully saturated rings. The van der Waals surface area contributed by atoms with Crippen LogP contribution in [-0.2, 0) is 16.3 Å². The van der Waals surface area contributed by atoms with Gasteiger partial charge in [-0.25, -0.2) is 8.42 Å². The zero-order valence-electron chi connectivity index (χ0n) is 12.7. The number of fused-ring (bicyclic) bond motifs is 1. The molecule has 0 saturated carbocycles. The SMILES string of the molecule is CCN(C(=O)c1ccc2c(c1)CCCO2)C1CCS(=O)(=O)C1. The Bertz CT molecular complexity index is 683. The molecule has 120 valence electrons. The highest BCUT2D eigenvalue weighted by molar-refractivity contribution is 7.91. The van der Waals surface area contributed by atoms with E-state index in [0.29, 0.717) is 18.5 Å². The van der Waals surface area contributed by atoms with E-state index in [9.17, 15) is 13.2 Å². The number of hydrogen-bond acceptors (Lipinski definition) is 4. The minimum atomic E-state index is -2.99. The number of nitrogens with zero attached hydrogens (tertiary/aromatic N) is 1. The molecule has 5 nitrogen and oxygen atoms in total. The summed E-state index contributed by atoms with van der Waals surface area (Å²) >= 11 is 0. The molecule has 22 heavy (non-hydrogen) atoms. The van der Waals surface area contributed by atoms with Crippen molar-refractivity contribution in [2.45, 2.75) is 32.2 Å². The molecule has 2 aliphatic heterocycles. The van der Waals surface area contributed by atoms with Crippen molar-refractivity contribution in [1.29, 1.82) is 0 Å². The smallest absolute Gasteiger partial charge is 0.254 e. The van der Waals surface area contributed by atoms with Gasteiger partial charge in [-0.2, -0.15) is 0 Å². The van der Waals surface area contributed by atoms with Crippen molar-refractivity contribution in [3.05, 3.63) is 29.3 Å². The minimum absolute atomic E-state index is 0.0840. The molecule has 6 heteroatoms. The highest BCUT2D eigenvalue weighted by Gasteiger charge is 2.34. The maximum absolute atomic E-state index is 12.8. The Hall–Kier alpha value is -1.56. The summed E-state index contributed by atoms with van der Waals surface area (Å²) in [5, 5.41) is 0. The van der Waals surface area contributed by atoms with Crippen LogP contribution in [0.4, 0.5) is 0 Å². The molecular formula is C16H21NO4S. The molecule has 1 atom stereocenters. The number of sulfone groups is 1. The third kappa shape index (κ3) is 2.97. The first-order chi connectivity index (χ1) is 10.5. The van der Waals surface area contributed by atoms with E-state index in [1.165, 1.54) is 0 Å². The van der Waals surface area contributed by atoms with Gasteiger partial charge in [0.05, 0.1) is 18.1 Å². The Morgan fingerprint density at radius 1 is 1.41 bits per heavy atom. The quantitative estimate of drug-likeness (QED) is 0.849. The molecule has 2 aliphatic rings. The molecule has 0 bridgehead atoms. The Morgan fingerprint density at radius 2 is 2.23 bits per heavy atom. The van der Waals surface area contributed by atoms with E-state index in [4.69, 9.17) is 4.74 Å². The van der Waals surface area contributed by atoms with E-state index >= 15 is 0 Å². The van der Waals surface area contributed by atoms with Crippen LogP contribution in [0.3, 0.4) is 0 Å². The zero-order chi connectivity index (χ0) is 15.7. The summed E-state index contributed by atoms with van der Waals surface area (Å²) in [7, 11) is -2.99. The van der Waals surface area contributed by atoms with E-state index in [1.54, 1.807) is 11.0 Å². The number of ether oxygens (including phenoxy) is 1. The molecular weight excluding hydrogens is 302 g/mol. The summed E-state index contributed by atoms with van der Waals surface area (Å²) in [6.07, 6.45) is 2.42. The molecule has 3 rings (SSSR count). The monoisotopic (exact) mass is 323 g/mol. The van der Waals surface area contributed by atoms with Crippen LogP contribution >= 0.6 is 0 Å². The number of rotatable bonds is 3. The maximum atomic E-state index is 12.8. The van der Waals surface area contributed by atoms with Crippen molar-refractivity contribution < 1.29 is 17.9 Å². The van der Waals surface area contributed by atoms with Crippen LogP contribution < -0.4 is 4.74 Å². The van der Waals surface area contributed by atoms with Gasteiger partial charge in [-0.05, 0) is 49.9 Å². The van der Waals surface area contributed by atoms with Crippen LogP contribution in [0.25, 0.3) is 0 Å². The number of carbonyl (C=O) groups excluding carboxylic acids is 1. The topological polar surface area (TPSA) is 63.7 Å². The Morgan fingerprint density at radius 3 is 2.91 bits per heavy atom. The lowest BCUT2D eigenvalue weighted by Gasteiger charge is -2.27. The molecule has 0 N–H and O–H groups in total. The lowest BCUT2D eigenvalue weighted by molar-refractivity contribution is 0.0708. The van der Waals surface area contributed by atoms with Gasteiger partial charge >= 0.3 is 0 Å². The lowest BCUT2D eigenvalue weighted by atomic mass is 10.0. The number of amides is 1. The summed E-state index contributed by atoms with van der Waals surface area (Å²) in [5.41, 5.74) is 1.68. The zero-order valence-corrected chi connectivity index (χ0v) is 13.6. The molecule has 1 aromatic rings. The fraction of sp³-hybridized carbons (Fsp3) is 0.562. The standard InChI is InChI=1S/C16H21NO4S/c1-2-17(14-7-9-22(19,20)11-14)16(18)13-5-6-15-12(10-13)4-3-8-21-15/h5-6,10,14H,2-4,7-9,11H2,1H3. The molecule has 1 amide bonds. The third-order valence-corrected chi connectivity index (χ3v) is 6.16. The second kappa shape index (κ2) is 5.91. The highest BCUT2D eigenvalue weighted by Crippen LogP contribution is 2.27. The summed E-state index contributed by atoms with van der Waals surface area (Å²) in [6, 6.07) is 5.32. The van der Waals surface area contributed by atoms with E-state index in [2.05, 4.69) is 0 Å². The van der Waals surface area contributed by atoms with Crippen LogP contribution in [0, 0.1) is 0 Å². The number of hydrogen-bond donors (Lipinski definition) is 0. The average molecular weight is 323 g/mol. The normalized spacial score (nSPS) is 22.7. The second-order valence-corrected chi connectivity index (χ2v) is 8.15. The van der Waals surface area contributed by atoms with Gasteiger partial charge in [0.1, 0.15) is 5.75 Å². The molecule has 0 aromatic heterocycles. The van der Waals surface area contributed by atoms with Gasteiger partial charge in [-0.1, -0.05) is 0 Å². The molecule has 0 spiro atoms. The van der Waals surface area contributed by atoms with Crippen molar-refractivity contribution in [1.82, 2.24) is 4.90 Å². The van der Waals surface area contributed by atoms with Gasteiger partial charge in [-0.3, -0.25) is 4.79 Å². The summed E-state index contributed by atoms with van der Waals surface area (Å²) in [5.74, 6) is 1.03. The molecule has 2 heterocycles. The third-order valence-electron chi connectivity index (χ3n) is 4.41. The average Bonchev–Trinajstić information content (AvgIpc) is 2.87. The van der Waals surface area contributed by atoms with E-state index < -0.39 is 9.84 Å². The van der Waals surface area contributed by atoms with Gasteiger partial charge in [0, 0.05) is 18.2 Å². The van der Waals surface area contributed by atoms with Crippen molar-refractivity contribution in [3.8, 4) is 5.75 Å². The largest absolute Gasteiger partial charge is 0.493 e. The van der Waals surface area contributed by atoms with Gasteiger partial charge in [0.25, 0.3) is 5.91 Å². The fourth-order valence-corrected chi connectivity index (χ4v) is 4.98. The molecule has 0 aliphatic carbocycles. The highest BCUT2D eigenvalue weighted by atomic mass is 32.2. The summed E-state index contributed by atoms with van der Waals surface area (Å²) in [6.45, 7) is 3.14. The van der Waals surface area contributed by atoms with Gasteiger partial charge in [-0.15, -0.1) is 0 Å². The molecule has 1 saturated heterocycles. The van der Waals surface area contributed by atoms with E-state index in [-0.39, 0.29) is 23.5 Å². The van der Waals surface area contributed by atoms with Gasteiger partial charge in [0.15, 0.2) is 9.84 Å². The van der Waals surface area contributed by atoms with Crippen LogP contribution in [0.5, 0.6) is 5.75 Å². The van der Waals surface area contributed by atoms with Crippen LogP contribution in [0.1, 0.15) is 35.7 Å². The predicted octanol–water partition coefficient (Wildman–Crippen LogP) is 1.66. The Labute approximate surface area is 131 Å². The summed E-state index contributed by atoms with van der Waals surface area (Å²) < 4.78 is 28.9. The Kier molecular flexibility index (Phi) is 4.12. The maximum Gasteiger partial charge on any atom is 0.254 e. The fourth-order valence-electron chi connectivity index (χ4n) is 3.25. The van der Waals surface area contributed by atoms with Gasteiger partial charge in [0.2, 0.25) is 0 Å². The summed E-state index contributed by atoms with van der Waals surface area (Å²) in [4.78, 5) is 14.4. The first-order valence-electron chi connectivity index (χ1n) is 7.77. The molecule has 1 aromatic carbocycles. The first-order valence-corrected chi connectivity index (χ1v) is 9.59. The second-order valence-electron chi connectivity index (χ2n) is 5.92. The lowest BCUT2D eigenvalue weighted by Crippen LogP contribution is -2.41. The predicted molar refractivity (Wildman–Crippen MR) is 84.0 cm³/mol. The molecule has 1 unspecified atom stereocenters. The number of benzene rings is 1. The van der Waals surface area contributed by atoms with Crippen molar-refractivity contribution in [2.24, 2.45) is 0 Å². The van der Waals surface area contributed by atoms with Gasteiger partial charge < -0.3 is 9.64 Å². The van der Waals surface area contributed by atoms with E-state index in [1.807, 2.05) is 19.1 Å². The van der Waals surface area contributed by atoms with Crippen molar-refractivity contribution in [2.75, 3.05) is 24.7 Å². The van der Waals surface area contributed by atoms with Crippen molar-refractivity contribution >= 4 is 15.7 Å². The number of aryl methyl sites for hydroxylation is 1. The molecule has 0 radical (unpaired) electrons. The van der Waals surface area contributed by atoms with E-state index in [0.717, 1.165) is 30.8 Å². The van der Waals surface area contributed by atoms with Crippen LogP contribution in [0.15, 0.2) is 18.2 Å².